The maximum absolute atomic E-state index is 12.3. The molecule has 0 fully saturated rings. The number of fused-ring (bicyclic) bond motifs is 1. The van der Waals surface area contributed by atoms with Gasteiger partial charge in [-0.3, -0.25) is 0 Å². The Bertz CT molecular complexity index is 787. The summed E-state index contributed by atoms with van der Waals surface area (Å²) in [4.78, 5) is 13.6. The second kappa shape index (κ2) is 8.46. The van der Waals surface area contributed by atoms with E-state index in [0.29, 0.717) is 10.7 Å². The van der Waals surface area contributed by atoms with E-state index in [2.05, 4.69) is 33.2 Å². The maximum Gasteiger partial charge on any atom is 0.341 e. The number of hydrogen-bond donors (Lipinski definition) is 2. The van der Waals surface area contributed by atoms with Crippen molar-refractivity contribution in [3.8, 4) is 0 Å². The van der Waals surface area contributed by atoms with Crippen molar-refractivity contribution in [2.45, 2.75) is 32.1 Å². The van der Waals surface area contributed by atoms with Gasteiger partial charge < -0.3 is 15.4 Å². The van der Waals surface area contributed by atoms with Crippen LogP contribution in [0.2, 0.25) is 0 Å². The van der Waals surface area contributed by atoms with Crippen LogP contribution in [0.25, 0.3) is 0 Å². The molecule has 2 aromatic rings. The fraction of sp³-hybridized carbons (Fsp3) is 0.333. The lowest BCUT2D eigenvalue weighted by Crippen LogP contribution is -2.20. The molecule has 1 aliphatic rings. The van der Waals surface area contributed by atoms with Crippen LogP contribution < -0.4 is 10.6 Å². The molecule has 0 bridgehead atoms. The summed E-state index contributed by atoms with van der Waals surface area (Å²) in [5.41, 5.74) is 2.70. The van der Waals surface area contributed by atoms with Gasteiger partial charge in [0.25, 0.3) is 0 Å². The average molecular weight is 486 g/mol. The van der Waals surface area contributed by atoms with Crippen molar-refractivity contribution in [3.05, 3.63) is 43.8 Å². The molecule has 7 heteroatoms. The van der Waals surface area contributed by atoms with Crippen LogP contribution in [0.15, 0.2) is 24.3 Å². The highest BCUT2D eigenvalue weighted by Gasteiger charge is 2.25. The van der Waals surface area contributed by atoms with Crippen LogP contribution in [0.4, 0.5) is 10.7 Å². The number of esters is 1. The summed E-state index contributed by atoms with van der Waals surface area (Å²) in [6.45, 7) is 0. The first-order valence-electron chi connectivity index (χ1n) is 8.15. The molecule has 25 heavy (non-hydrogen) atoms. The molecule has 1 heterocycles. The van der Waals surface area contributed by atoms with E-state index in [1.54, 1.807) is 11.3 Å². The highest BCUT2D eigenvalue weighted by atomic mass is 127. The minimum absolute atomic E-state index is 0.293. The van der Waals surface area contributed by atoms with Crippen molar-refractivity contribution in [1.82, 2.24) is 0 Å². The predicted octanol–water partition coefficient (Wildman–Crippen LogP) is 5.22. The third kappa shape index (κ3) is 4.51. The smallest absolute Gasteiger partial charge is 0.341 e. The zero-order valence-corrected chi connectivity index (χ0v) is 17.6. The zero-order chi connectivity index (χ0) is 17.8. The Morgan fingerprint density at radius 3 is 2.60 bits per heavy atom. The fourth-order valence-electron chi connectivity index (χ4n) is 2.95. The second-order valence-corrected chi connectivity index (χ2v) is 8.61. The maximum atomic E-state index is 12.3. The van der Waals surface area contributed by atoms with Crippen molar-refractivity contribution >= 4 is 67.9 Å². The van der Waals surface area contributed by atoms with Crippen LogP contribution in [-0.2, 0) is 17.6 Å². The Hall–Kier alpha value is -1.19. The summed E-state index contributed by atoms with van der Waals surface area (Å²) in [6.07, 6.45) is 5.42. The number of rotatable bonds is 3. The van der Waals surface area contributed by atoms with Crippen molar-refractivity contribution < 1.29 is 9.53 Å². The second-order valence-electron chi connectivity index (χ2n) is 5.85. The molecule has 0 spiro atoms. The van der Waals surface area contributed by atoms with Gasteiger partial charge in [0.2, 0.25) is 0 Å². The standard InChI is InChI=1S/C18H19IN2O2S2/c1-23-17(22)15-13-5-3-2-4-6-14(13)25-16(15)21-18(24)20-12-9-7-11(19)8-10-12/h7-10H,2-6H2,1H3,(H2,20,21,24). The first-order chi connectivity index (χ1) is 12.1. The quantitative estimate of drug-likeness (QED) is 0.270. The van der Waals surface area contributed by atoms with Crippen LogP contribution in [0.3, 0.4) is 0 Å². The lowest BCUT2D eigenvalue weighted by atomic mass is 10.1. The third-order valence-electron chi connectivity index (χ3n) is 4.14. The van der Waals surface area contributed by atoms with Gasteiger partial charge in [-0.15, -0.1) is 11.3 Å². The first kappa shape index (κ1) is 18.6. The molecule has 3 rings (SSSR count). The molecule has 0 saturated heterocycles. The molecule has 0 atom stereocenters. The van der Waals surface area contributed by atoms with Crippen molar-refractivity contribution in [2.24, 2.45) is 0 Å². The van der Waals surface area contributed by atoms with Crippen molar-refractivity contribution in [1.29, 1.82) is 0 Å². The van der Waals surface area contributed by atoms with E-state index in [-0.39, 0.29) is 5.97 Å². The summed E-state index contributed by atoms with van der Waals surface area (Å²) in [5, 5.41) is 7.62. The summed E-state index contributed by atoms with van der Waals surface area (Å²) in [7, 11) is 1.43. The number of thiophene rings is 1. The number of anilines is 2. The molecule has 1 aromatic heterocycles. The Labute approximate surface area is 170 Å². The van der Waals surface area contributed by atoms with E-state index >= 15 is 0 Å². The normalized spacial score (nSPS) is 13.5. The van der Waals surface area contributed by atoms with Crippen LogP contribution >= 0.6 is 46.1 Å². The van der Waals surface area contributed by atoms with Gasteiger partial charge in [0.1, 0.15) is 5.00 Å². The number of aryl methyl sites for hydroxylation is 1. The van der Waals surface area contributed by atoms with Crippen LogP contribution in [0, 0.1) is 3.57 Å². The van der Waals surface area contributed by atoms with Gasteiger partial charge in [0.05, 0.1) is 12.7 Å². The molecular formula is C18H19IN2O2S2. The largest absolute Gasteiger partial charge is 0.465 e. The summed E-state index contributed by atoms with van der Waals surface area (Å²) in [6, 6.07) is 7.97. The van der Waals surface area contributed by atoms with Gasteiger partial charge in [0, 0.05) is 14.1 Å². The Kier molecular flexibility index (Phi) is 6.29. The van der Waals surface area contributed by atoms with E-state index < -0.39 is 0 Å². The SMILES string of the molecule is COC(=O)c1c(NC(=S)Nc2ccc(I)cc2)sc2c1CCCCC2. The molecule has 1 aliphatic carbocycles. The Morgan fingerprint density at radius 2 is 1.88 bits per heavy atom. The summed E-state index contributed by atoms with van der Waals surface area (Å²) >= 11 is 9.31. The molecule has 0 aliphatic heterocycles. The molecule has 0 radical (unpaired) electrons. The zero-order valence-electron chi connectivity index (χ0n) is 13.9. The number of carbonyl (C=O) groups is 1. The Balaban J connectivity index is 1.82. The molecule has 4 nitrogen and oxygen atoms in total. The van der Waals surface area contributed by atoms with Crippen LogP contribution in [0.5, 0.6) is 0 Å². The number of hydrogen-bond acceptors (Lipinski definition) is 4. The van der Waals surface area contributed by atoms with Gasteiger partial charge in [-0.1, -0.05) is 6.42 Å². The molecule has 0 saturated carbocycles. The number of benzene rings is 1. The van der Waals surface area contributed by atoms with Crippen LogP contribution in [0.1, 0.15) is 40.1 Å². The monoisotopic (exact) mass is 486 g/mol. The number of ether oxygens (including phenoxy) is 1. The van der Waals surface area contributed by atoms with E-state index in [1.807, 2.05) is 24.3 Å². The highest BCUT2D eigenvalue weighted by Crippen LogP contribution is 2.38. The van der Waals surface area contributed by atoms with Crippen molar-refractivity contribution in [3.63, 3.8) is 0 Å². The van der Waals surface area contributed by atoms with E-state index in [9.17, 15) is 4.79 Å². The topological polar surface area (TPSA) is 50.4 Å². The fourth-order valence-corrected chi connectivity index (χ4v) is 4.87. The molecule has 2 N–H and O–H groups in total. The molecular weight excluding hydrogens is 467 g/mol. The lowest BCUT2D eigenvalue weighted by Gasteiger charge is -2.11. The third-order valence-corrected chi connectivity index (χ3v) is 6.27. The van der Waals surface area contributed by atoms with Gasteiger partial charge >= 0.3 is 5.97 Å². The number of methoxy groups -OCH3 is 1. The highest BCUT2D eigenvalue weighted by molar-refractivity contribution is 14.1. The van der Waals surface area contributed by atoms with Gasteiger partial charge in [-0.2, -0.15) is 0 Å². The van der Waals surface area contributed by atoms with E-state index in [0.717, 1.165) is 39.1 Å². The summed E-state index contributed by atoms with van der Waals surface area (Å²) in [5.74, 6) is -0.293. The van der Waals surface area contributed by atoms with Gasteiger partial charge in [-0.25, -0.2) is 4.79 Å². The van der Waals surface area contributed by atoms with E-state index in [1.165, 1.54) is 24.8 Å². The van der Waals surface area contributed by atoms with Crippen LogP contribution in [-0.4, -0.2) is 18.2 Å². The predicted molar refractivity (Wildman–Crippen MR) is 116 cm³/mol. The van der Waals surface area contributed by atoms with Crippen molar-refractivity contribution in [2.75, 3.05) is 17.7 Å². The Morgan fingerprint density at radius 1 is 1.16 bits per heavy atom. The minimum Gasteiger partial charge on any atom is -0.465 e. The average Bonchev–Trinajstić information content (AvgIpc) is 2.77. The minimum atomic E-state index is -0.293. The lowest BCUT2D eigenvalue weighted by molar-refractivity contribution is 0.0601. The van der Waals surface area contributed by atoms with E-state index in [4.69, 9.17) is 17.0 Å². The number of thiocarbonyl (C=S) groups is 1. The number of halogens is 1. The molecule has 1 aromatic carbocycles. The van der Waals surface area contributed by atoms with Gasteiger partial charge in [-0.05, 0) is 90.3 Å². The summed E-state index contributed by atoms with van der Waals surface area (Å²) < 4.78 is 6.18. The first-order valence-corrected chi connectivity index (χ1v) is 10.4. The molecule has 0 amide bonds. The number of nitrogens with one attached hydrogen (secondary N) is 2. The molecule has 132 valence electrons. The van der Waals surface area contributed by atoms with Gasteiger partial charge in [0.15, 0.2) is 5.11 Å². The number of carbonyl (C=O) groups excluding carboxylic acids is 1. The molecule has 0 unspecified atom stereocenters.